The molecule has 0 aromatic carbocycles. The minimum atomic E-state index is -1.96. The second kappa shape index (κ2) is 9.67. The van der Waals surface area contributed by atoms with Crippen LogP contribution in [-0.4, -0.2) is 65.6 Å². The van der Waals surface area contributed by atoms with Crippen LogP contribution in [0.1, 0.15) is 78.9 Å². The first kappa shape index (κ1) is 30.3. The minimum Gasteiger partial charge on any atom is -0.472 e. The lowest BCUT2D eigenvalue weighted by Gasteiger charge is -2.74. The van der Waals surface area contributed by atoms with Gasteiger partial charge in [-0.15, -0.1) is 0 Å². The topological polar surface area (TPSA) is 148 Å². The van der Waals surface area contributed by atoms with Crippen molar-refractivity contribution in [3.8, 4) is 0 Å². The number of esters is 4. The van der Waals surface area contributed by atoms with Crippen molar-refractivity contribution in [3.63, 3.8) is 0 Å². The van der Waals surface area contributed by atoms with E-state index in [4.69, 9.17) is 28.1 Å². The largest absolute Gasteiger partial charge is 0.472 e. The van der Waals surface area contributed by atoms with Crippen molar-refractivity contribution in [1.82, 2.24) is 0 Å². The molecule has 2 aliphatic heterocycles. The van der Waals surface area contributed by atoms with E-state index in [9.17, 15) is 24.3 Å². The number of fused-ring (bicyclic) bond motifs is 3. The van der Waals surface area contributed by atoms with E-state index in [1.165, 1.54) is 33.5 Å². The number of rotatable bonds is 5. The smallest absolute Gasteiger partial charge is 0.309 e. The number of furan rings is 1. The third kappa shape index (κ3) is 3.85. The molecule has 1 unspecified atom stereocenters. The van der Waals surface area contributed by atoms with Gasteiger partial charge in [-0.3, -0.25) is 19.2 Å². The lowest BCUT2D eigenvalue weighted by molar-refractivity contribution is -0.366. The normalized spacial score (nSPS) is 42.0. The Balaban J connectivity index is 1.77. The van der Waals surface area contributed by atoms with Gasteiger partial charge in [-0.25, -0.2) is 0 Å². The quantitative estimate of drug-likeness (QED) is 0.306. The molecule has 11 nitrogen and oxygen atoms in total. The van der Waals surface area contributed by atoms with Gasteiger partial charge in [0.1, 0.15) is 29.5 Å². The Kier molecular flexibility index (Phi) is 6.97. The van der Waals surface area contributed by atoms with Crippen molar-refractivity contribution in [2.45, 2.75) is 103 Å². The maximum atomic E-state index is 13.3. The molecule has 0 amide bonds. The predicted octanol–water partition coefficient (Wildman–Crippen LogP) is 3.58. The highest BCUT2D eigenvalue weighted by atomic mass is 16.6. The van der Waals surface area contributed by atoms with Gasteiger partial charge in [0.2, 0.25) is 0 Å². The zero-order chi connectivity index (χ0) is 31.0. The molecule has 4 aliphatic rings. The summed E-state index contributed by atoms with van der Waals surface area (Å²) in [5.74, 6) is -2.92. The number of ether oxygens (including phenoxy) is 5. The van der Waals surface area contributed by atoms with Gasteiger partial charge in [0.25, 0.3) is 0 Å². The molecule has 230 valence electrons. The molecule has 0 radical (unpaired) electrons. The van der Waals surface area contributed by atoms with Crippen LogP contribution in [0.15, 0.2) is 35.2 Å². The monoisotopic (exact) mass is 588 g/mol. The molecule has 5 rings (SSSR count). The summed E-state index contributed by atoms with van der Waals surface area (Å²) in [7, 11) is 1.28. The first-order valence-electron chi connectivity index (χ1n) is 14.2. The van der Waals surface area contributed by atoms with Crippen LogP contribution in [0.5, 0.6) is 0 Å². The van der Waals surface area contributed by atoms with Crippen LogP contribution in [-0.2, 0) is 42.9 Å². The minimum absolute atomic E-state index is 0.0479. The lowest BCUT2D eigenvalue weighted by atomic mass is 9.39. The van der Waals surface area contributed by atoms with Gasteiger partial charge in [-0.2, -0.15) is 0 Å². The Hall–Kier alpha value is -3.18. The molecule has 2 aliphatic carbocycles. The molecule has 1 spiro atoms. The highest BCUT2D eigenvalue weighted by Crippen LogP contribution is 2.73. The van der Waals surface area contributed by atoms with E-state index >= 15 is 0 Å². The fourth-order valence-corrected chi connectivity index (χ4v) is 8.80. The summed E-state index contributed by atoms with van der Waals surface area (Å²) in [4.78, 5) is 51.0. The Morgan fingerprint density at radius 3 is 2.31 bits per heavy atom. The van der Waals surface area contributed by atoms with E-state index in [1.54, 1.807) is 13.0 Å². The average Bonchev–Trinajstić information content (AvgIpc) is 3.42. The number of cyclic esters (lactones) is 1. The molecule has 2 saturated heterocycles. The zero-order valence-electron chi connectivity index (χ0n) is 25.2. The van der Waals surface area contributed by atoms with Crippen molar-refractivity contribution in [3.05, 3.63) is 36.3 Å². The molecule has 4 fully saturated rings. The molecule has 1 aromatic rings. The lowest BCUT2D eigenvalue weighted by Crippen LogP contribution is -2.82. The fourth-order valence-electron chi connectivity index (χ4n) is 8.80. The van der Waals surface area contributed by atoms with Crippen molar-refractivity contribution in [1.29, 1.82) is 0 Å². The second-order valence-electron chi connectivity index (χ2n) is 13.3. The first-order valence-corrected chi connectivity index (χ1v) is 14.2. The van der Waals surface area contributed by atoms with E-state index in [1.807, 2.05) is 20.8 Å². The van der Waals surface area contributed by atoms with Crippen molar-refractivity contribution in [2.75, 3.05) is 7.11 Å². The summed E-state index contributed by atoms with van der Waals surface area (Å²) in [5.41, 5.74) is -5.92. The Morgan fingerprint density at radius 2 is 1.74 bits per heavy atom. The number of hydrogen-bond acceptors (Lipinski definition) is 11. The van der Waals surface area contributed by atoms with Crippen LogP contribution in [0.4, 0.5) is 0 Å². The summed E-state index contributed by atoms with van der Waals surface area (Å²) in [6.45, 7) is 14.4. The predicted molar refractivity (Wildman–Crippen MR) is 144 cm³/mol. The third-order valence-corrected chi connectivity index (χ3v) is 10.9. The third-order valence-electron chi connectivity index (χ3n) is 10.9. The summed E-state index contributed by atoms with van der Waals surface area (Å²) in [6.07, 6.45) is -0.868. The van der Waals surface area contributed by atoms with E-state index in [0.29, 0.717) is 5.56 Å². The summed E-state index contributed by atoms with van der Waals surface area (Å²) < 4.78 is 35.1. The molecule has 2 bridgehead atoms. The van der Waals surface area contributed by atoms with Gasteiger partial charge in [0.15, 0.2) is 0 Å². The highest BCUT2D eigenvalue weighted by Gasteiger charge is 2.81. The van der Waals surface area contributed by atoms with Gasteiger partial charge in [-0.1, -0.05) is 34.3 Å². The van der Waals surface area contributed by atoms with Gasteiger partial charge in [-0.05, 0) is 24.0 Å². The van der Waals surface area contributed by atoms with Gasteiger partial charge >= 0.3 is 23.9 Å². The summed E-state index contributed by atoms with van der Waals surface area (Å²) in [5, 5.41) is 13.2. The van der Waals surface area contributed by atoms with Gasteiger partial charge < -0.3 is 33.2 Å². The number of carbonyl (C=O) groups is 4. The fraction of sp³-hybridized carbons (Fsp3) is 0.677. The molecule has 9 atom stereocenters. The van der Waals surface area contributed by atoms with Crippen LogP contribution < -0.4 is 0 Å². The Bertz CT molecular complexity index is 1320. The first-order chi connectivity index (χ1) is 19.5. The Labute approximate surface area is 244 Å². The maximum Gasteiger partial charge on any atom is 0.309 e. The highest BCUT2D eigenvalue weighted by molar-refractivity contribution is 5.75. The number of hydrogen-bond donors (Lipinski definition) is 1. The van der Waals surface area contributed by atoms with E-state index < -0.39 is 81.7 Å². The summed E-state index contributed by atoms with van der Waals surface area (Å²) >= 11 is 0. The molecule has 42 heavy (non-hydrogen) atoms. The number of carbonyl (C=O) groups excluding carboxylic acids is 4. The SMILES string of the molecule is C=C1[C@@]23CC(=O)O[C@@H](c4ccoc4)[C@]2(C)C[C@H](OC(C)=O)[C@]1(O)[C@]1(C)C(CC(=O)OC)C(C)(C)[C@H](OC(C)=O)C[C@@H]1O3. The second-order valence-corrected chi connectivity index (χ2v) is 13.3. The van der Waals surface area contributed by atoms with E-state index in [-0.39, 0.29) is 31.3 Å². The van der Waals surface area contributed by atoms with Crippen molar-refractivity contribution >= 4 is 23.9 Å². The van der Waals surface area contributed by atoms with Crippen molar-refractivity contribution < 1.29 is 52.4 Å². The molecule has 1 aromatic heterocycles. The molecular weight excluding hydrogens is 548 g/mol. The van der Waals surface area contributed by atoms with Crippen LogP contribution in [0.25, 0.3) is 0 Å². The van der Waals surface area contributed by atoms with Crippen LogP contribution in [0.3, 0.4) is 0 Å². The van der Waals surface area contributed by atoms with Gasteiger partial charge in [0.05, 0.1) is 32.2 Å². The molecule has 2 saturated carbocycles. The van der Waals surface area contributed by atoms with Crippen LogP contribution in [0, 0.1) is 22.2 Å². The van der Waals surface area contributed by atoms with Crippen LogP contribution >= 0.6 is 0 Å². The van der Waals surface area contributed by atoms with Crippen LogP contribution in [0.2, 0.25) is 0 Å². The molecular formula is C31H40O11. The van der Waals surface area contributed by atoms with E-state index in [0.717, 1.165) is 0 Å². The Morgan fingerprint density at radius 1 is 1.10 bits per heavy atom. The average molecular weight is 589 g/mol. The molecule has 11 heteroatoms. The molecule has 3 heterocycles. The summed E-state index contributed by atoms with van der Waals surface area (Å²) in [6, 6.07) is 1.69. The zero-order valence-corrected chi connectivity index (χ0v) is 25.2. The number of aliphatic hydroxyl groups is 1. The molecule has 1 N–H and O–H groups in total. The maximum absolute atomic E-state index is 13.3. The van der Waals surface area contributed by atoms with E-state index in [2.05, 4.69) is 6.58 Å². The standard InChI is InChI=1S/C31H40O11/c1-16-30-14-25(35)41-26(19-9-10-38-15-19)28(30,6)13-23(40-18(3)33)31(16,36)29(7)20(11-24(34)37-8)27(4,5)21(39-17(2)32)12-22(29)42-30/h9-10,15,20-23,26,36H,1,11-14H2,2-8H3/t20?,21-,22+,23+,26+,28+,29-,30+,31+/m1/s1. The van der Waals surface area contributed by atoms with Gasteiger partial charge in [0, 0.05) is 48.5 Å². The van der Waals surface area contributed by atoms with Crippen molar-refractivity contribution in [2.24, 2.45) is 22.2 Å². The number of methoxy groups -OCH3 is 1.